The van der Waals surface area contributed by atoms with Crippen LogP contribution in [0.25, 0.3) is 0 Å². The molecule has 1 saturated heterocycles. The number of piperidine rings is 1. The van der Waals surface area contributed by atoms with E-state index in [1.165, 1.54) is 0 Å². The molecule has 3 amide bonds. The molecular weight excluding hydrogens is 358 g/mol. The Labute approximate surface area is 166 Å². The quantitative estimate of drug-likeness (QED) is 0.826. The van der Waals surface area contributed by atoms with Crippen LogP contribution < -0.4 is 10.6 Å². The highest BCUT2D eigenvalue weighted by Gasteiger charge is 2.28. The average Bonchev–Trinajstić information content (AvgIpc) is 2.59. The zero-order valence-corrected chi connectivity index (χ0v) is 17.4. The van der Waals surface area contributed by atoms with Gasteiger partial charge in [0.05, 0.1) is 0 Å². The topological polar surface area (TPSA) is 87.7 Å². The monoisotopic (exact) mass is 389 g/mol. The SMILES string of the molecule is CC(C)NC(=O)C1CCN(C(=O)c2cccc(NC(=O)OC(C)(C)C)c2)CC1. The molecule has 1 aliphatic rings. The number of hydrogen-bond acceptors (Lipinski definition) is 4. The van der Waals surface area contributed by atoms with Crippen molar-refractivity contribution in [2.24, 2.45) is 5.92 Å². The maximum atomic E-state index is 12.8. The van der Waals surface area contributed by atoms with Crippen molar-refractivity contribution in [3.05, 3.63) is 29.8 Å². The molecule has 0 radical (unpaired) electrons. The lowest BCUT2D eigenvalue weighted by molar-refractivity contribution is -0.126. The van der Waals surface area contributed by atoms with Gasteiger partial charge in [-0.25, -0.2) is 4.79 Å². The van der Waals surface area contributed by atoms with Crippen molar-refractivity contribution in [1.82, 2.24) is 10.2 Å². The molecule has 1 heterocycles. The Morgan fingerprint density at radius 2 is 1.79 bits per heavy atom. The maximum Gasteiger partial charge on any atom is 0.412 e. The van der Waals surface area contributed by atoms with Crippen molar-refractivity contribution in [2.45, 2.75) is 59.1 Å². The van der Waals surface area contributed by atoms with Crippen molar-refractivity contribution in [3.8, 4) is 0 Å². The molecule has 0 aliphatic carbocycles. The molecule has 2 rings (SSSR count). The van der Waals surface area contributed by atoms with Gasteiger partial charge in [-0.3, -0.25) is 14.9 Å². The molecule has 1 aromatic rings. The fraction of sp³-hybridized carbons (Fsp3) is 0.571. The highest BCUT2D eigenvalue weighted by Crippen LogP contribution is 2.21. The molecule has 1 aromatic carbocycles. The van der Waals surface area contributed by atoms with E-state index in [0.717, 1.165) is 0 Å². The molecular formula is C21H31N3O4. The largest absolute Gasteiger partial charge is 0.444 e. The highest BCUT2D eigenvalue weighted by atomic mass is 16.6. The smallest absolute Gasteiger partial charge is 0.412 e. The predicted molar refractivity (Wildman–Crippen MR) is 108 cm³/mol. The van der Waals surface area contributed by atoms with E-state index in [1.54, 1.807) is 49.9 Å². The number of likely N-dealkylation sites (tertiary alicyclic amines) is 1. The van der Waals surface area contributed by atoms with Crippen LogP contribution in [0.2, 0.25) is 0 Å². The number of nitrogens with one attached hydrogen (secondary N) is 2. The molecule has 28 heavy (non-hydrogen) atoms. The fourth-order valence-corrected chi connectivity index (χ4v) is 3.08. The molecule has 0 spiro atoms. The number of benzene rings is 1. The van der Waals surface area contributed by atoms with Crippen molar-refractivity contribution < 1.29 is 19.1 Å². The number of ether oxygens (including phenoxy) is 1. The fourth-order valence-electron chi connectivity index (χ4n) is 3.08. The molecule has 1 fully saturated rings. The van der Waals surface area contributed by atoms with E-state index in [0.29, 0.717) is 37.2 Å². The van der Waals surface area contributed by atoms with E-state index in [1.807, 2.05) is 13.8 Å². The van der Waals surface area contributed by atoms with Crippen LogP contribution in [0, 0.1) is 5.92 Å². The molecule has 154 valence electrons. The van der Waals surface area contributed by atoms with Gasteiger partial charge in [0.1, 0.15) is 5.60 Å². The van der Waals surface area contributed by atoms with Crippen LogP contribution in [0.4, 0.5) is 10.5 Å². The van der Waals surface area contributed by atoms with Gasteiger partial charge in [0.2, 0.25) is 5.91 Å². The minimum Gasteiger partial charge on any atom is -0.444 e. The van der Waals surface area contributed by atoms with Crippen molar-refractivity contribution >= 4 is 23.6 Å². The Kier molecular flexibility index (Phi) is 7.05. The third kappa shape index (κ3) is 6.55. The molecule has 7 heteroatoms. The number of hydrogen-bond donors (Lipinski definition) is 2. The molecule has 0 unspecified atom stereocenters. The van der Waals surface area contributed by atoms with Gasteiger partial charge < -0.3 is 15.0 Å². The van der Waals surface area contributed by atoms with Crippen molar-refractivity contribution in [1.29, 1.82) is 0 Å². The summed E-state index contributed by atoms with van der Waals surface area (Å²) < 4.78 is 5.24. The second-order valence-corrected chi connectivity index (χ2v) is 8.44. The van der Waals surface area contributed by atoms with E-state index in [-0.39, 0.29) is 23.8 Å². The van der Waals surface area contributed by atoms with Crippen LogP contribution in [0.15, 0.2) is 24.3 Å². The summed E-state index contributed by atoms with van der Waals surface area (Å²) in [5.41, 5.74) is 0.411. The van der Waals surface area contributed by atoms with E-state index in [2.05, 4.69) is 10.6 Å². The van der Waals surface area contributed by atoms with Crippen LogP contribution in [0.1, 0.15) is 57.8 Å². The summed E-state index contributed by atoms with van der Waals surface area (Å²) in [4.78, 5) is 38.6. The summed E-state index contributed by atoms with van der Waals surface area (Å²) >= 11 is 0. The third-order valence-electron chi connectivity index (χ3n) is 4.34. The lowest BCUT2D eigenvalue weighted by atomic mass is 9.95. The Bertz CT molecular complexity index is 717. The van der Waals surface area contributed by atoms with Gasteiger partial charge in [-0.05, 0) is 65.7 Å². The predicted octanol–water partition coefficient (Wildman–Crippen LogP) is 3.41. The Hall–Kier alpha value is -2.57. The molecule has 7 nitrogen and oxygen atoms in total. The Morgan fingerprint density at radius 3 is 2.36 bits per heavy atom. The first kappa shape index (κ1) is 21.7. The van der Waals surface area contributed by atoms with Gasteiger partial charge >= 0.3 is 6.09 Å². The second-order valence-electron chi connectivity index (χ2n) is 8.44. The maximum absolute atomic E-state index is 12.8. The minimum atomic E-state index is -0.594. The molecule has 0 saturated carbocycles. The van der Waals surface area contributed by atoms with Crippen LogP contribution >= 0.6 is 0 Å². The number of carbonyl (C=O) groups is 3. The Balaban J connectivity index is 1.94. The first-order valence-electron chi connectivity index (χ1n) is 9.75. The van der Waals surface area contributed by atoms with Gasteiger partial charge in [-0.1, -0.05) is 6.07 Å². The molecule has 0 bridgehead atoms. The van der Waals surface area contributed by atoms with Gasteiger partial charge in [-0.2, -0.15) is 0 Å². The Morgan fingerprint density at radius 1 is 1.14 bits per heavy atom. The summed E-state index contributed by atoms with van der Waals surface area (Å²) in [6.07, 6.45) is 0.745. The molecule has 1 aliphatic heterocycles. The standard InChI is InChI=1S/C21H31N3O4/c1-14(2)22-18(25)15-9-11-24(12-10-15)19(26)16-7-6-8-17(13-16)23-20(27)28-21(3,4)5/h6-8,13-15H,9-12H2,1-5H3,(H,22,25)(H,23,27). The number of rotatable bonds is 4. The van der Waals surface area contributed by atoms with Gasteiger partial charge in [0.15, 0.2) is 0 Å². The normalized spacial score (nSPS) is 15.3. The number of amides is 3. The zero-order chi connectivity index (χ0) is 20.9. The van der Waals surface area contributed by atoms with Gasteiger partial charge in [0, 0.05) is 36.3 Å². The lowest BCUT2D eigenvalue weighted by Gasteiger charge is -2.31. The zero-order valence-electron chi connectivity index (χ0n) is 17.4. The van der Waals surface area contributed by atoms with E-state index in [4.69, 9.17) is 4.74 Å². The van der Waals surface area contributed by atoms with E-state index in [9.17, 15) is 14.4 Å². The first-order valence-corrected chi connectivity index (χ1v) is 9.75. The summed E-state index contributed by atoms with van der Waals surface area (Å²) in [6.45, 7) is 10.3. The van der Waals surface area contributed by atoms with Gasteiger partial charge in [0.25, 0.3) is 5.91 Å². The van der Waals surface area contributed by atoms with Crippen molar-refractivity contribution in [2.75, 3.05) is 18.4 Å². The number of nitrogens with zero attached hydrogens (tertiary/aromatic N) is 1. The average molecular weight is 389 g/mol. The second kappa shape index (κ2) is 9.08. The van der Waals surface area contributed by atoms with Crippen molar-refractivity contribution in [3.63, 3.8) is 0 Å². The summed E-state index contributed by atoms with van der Waals surface area (Å²) in [5, 5.41) is 5.59. The minimum absolute atomic E-state index is 0.0494. The molecule has 0 atom stereocenters. The van der Waals surface area contributed by atoms with E-state index >= 15 is 0 Å². The first-order chi connectivity index (χ1) is 13.0. The molecule has 0 aromatic heterocycles. The summed E-state index contributed by atoms with van der Waals surface area (Å²) in [5.74, 6) is -0.0900. The van der Waals surface area contributed by atoms with Crippen LogP contribution in [0.3, 0.4) is 0 Å². The molecule has 2 N–H and O–H groups in total. The summed E-state index contributed by atoms with van der Waals surface area (Å²) in [6, 6.07) is 6.92. The van der Waals surface area contributed by atoms with E-state index < -0.39 is 11.7 Å². The van der Waals surface area contributed by atoms with Crippen LogP contribution in [-0.2, 0) is 9.53 Å². The third-order valence-corrected chi connectivity index (χ3v) is 4.34. The number of carbonyl (C=O) groups excluding carboxylic acids is 3. The van der Waals surface area contributed by atoms with Gasteiger partial charge in [-0.15, -0.1) is 0 Å². The van der Waals surface area contributed by atoms with Crippen LogP contribution in [-0.4, -0.2) is 47.5 Å². The van der Waals surface area contributed by atoms with Crippen LogP contribution in [0.5, 0.6) is 0 Å². The number of anilines is 1. The summed E-state index contributed by atoms with van der Waals surface area (Å²) in [7, 11) is 0. The lowest BCUT2D eigenvalue weighted by Crippen LogP contribution is -2.44. The highest BCUT2D eigenvalue weighted by molar-refractivity contribution is 5.96.